The van der Waals surface area contributed by atoms with Crippen LogP contribution in [0, 0.1) is 34.9 Å². The predicted octanol–water partition coefficient (Wildman–Crippen LogP) is 10.0. The van der Waals surface area contributed by atoms with Crippen LogP contribution in [-0.4, -0.2) is 60.2 Å². The van der Waals surface area contributed by atoms with Crippen LogP contribution in [0.15, 0.2) is 24.3 Å². The maximum atomic E-state index is 15.1. The average molecular weight is 749 g/mol. The zero-order chi connectivity index (χ0) is 38.8. The van der Waals surface area contributed by atoms with Gasteiger partial charge in [0, 0.05) is 33.4 Å². The highest BCUT2D eigenvalue weighted by Gasteiger charge is 2.44. The molecule has 0 radical (unpaired) electrons. The summed E-state index contributed by atoms with van der Waals surface area (Å²) in [6.45, 7) is 5.73. The van der Waals surface area contributed by atoms with E-state index in [2.05, 4.69) is 13.8 Å². The Morgan fingerprint density at radius 2 is 0.736 bits per heavy atom. The van der Waals surface area contributed by atoms with Gasteiger partial charge in [0.15, 0.2) is 57.9 Å². The first-order valence-corrected chi connectivity index (χ1v) is 17.3. The highest BCUT2D eigenvalue weighted by Crippen LogP contribution is 2.62. The van der Waals surface area contributed by atoms with Crippen LogP contribution in [0.25, 0.3) is 33.4 Å². The van der Waals surface area contributed by atoms with E-state index < -0.39 is 34.9 Å². The summed E-state index contributed by atoms with van der Waals surface area (Å²) in [5.74, 6) is -8.41. The summed E-state index contributed by atoms with van der Waals surface area (Å²) in [6, 6.07) is 3.56. The first-order chi connectivity index (χ1) is 25.4. The Balaban J connectivity index is 2.16. The topological polar surface area (TPSA) is 55.4 Å². The predicted molar refractivity (Wildman–Crippen MR) is 189 cm³/mol. The lowest BCUT2D eigenvalue weighted by molar-refractivity contribution is -0.953. The third-order valence-corrected chi connectivity index (χ3v) is 9.92. The van der Waals surface area contributed by atoms with E-state index >= 15 is 17.6 Å². The van der Waals surface area contributed by atoms with E-state index in [1.54, 1.807) is 0 Å². The summed E-state index contributed by atoms with van der Waals surface area (Å²) >= 11 is 0. The number of hydrogen-bond acceptors (Lipinski definition) is 6. The monoisotopic (exact) mass is 748 g/mol. The van der Waals surface area contributed by atoms with Crippen LogP contribution in [0.1, 0.15) is 50.7 Å². The summed E-state index contributed by atoms with van der Waals surface area (Å²) in [5.41, 5.74) is 2.01. The molecular formula is C40H44F6NO6+. The fraction of sp³-hybridized carbons (Fsp3) is 0.400. The molecule has 4 aromatic carbocycles. The normalized spacial score (nSPS) is 13.2. The number of quaternary nitrogens is 1. The lowest BCUT2D eigenvalue weighted by Gasteiger charge is -2.39. The molecule has 7 nitrogen and oxygen atoms in total. The molecule has 0 atom stereocenters. The van der Waals surface area contributed by atoms with E-state index in [1.165, 1.54) is 42.7 Å². The Hall–Kier alpha value is -4.78. The quantitative estimate of drug-likeness (QED) is 0.0728. The molecule has 1 heterocycles. The molecule has 0 unspecified atom stereocenters. The molecule has 4 aromatic rings. The molecule has 0 aromatic heterocycles. The SMILES string of the molecule is CCCC[N+]1(CCCC)Cc2c(-c3cc(F)c(F)c(F)c3)c(OC)c(OC)c(OC)c2-c2c(c(-c3cc(F)c(F)c(F)c3)c(OC)c(OC)c2OC)C1. The van der Waals surface area contributed by atoms with E-state index in [1.807, 2.05) is 0 Å². The Labute approximate surface area is 305 Å². The van der Waals surface area contributed by atoms with Gasteiger partial charge in [0.05, 0.1) is 55.7 Å². The van der Waals surface area contributed by atoms with Crippen molar-refractivity contribution in [3.63, 3.8) is 0 Å². The summed E-state index contributed by atoms with van der Waals surface area (Å²) in [4.78, 5) is 0. The van der Waals surface area contributed by atoms with E-state index in [-0.39, 0.29) is 69.8 Å². The number of unbranched alkanes of at least 4 members (excludes halogenated alkanes) is 2. The summed E-state index contributed by atoms with van der Waals surface area (Å²) in [6.07, 6.45) is 3.15. The van der Waals surface area contributed by atoms with Crippen molar-refractivity contribution in [2.24, 2.45) is 0 Å². The first kappa shape index (κ1) is 39.4. The molecule has 13 heteroatoms. The van der Waals surface area contributed by atoms with Crippen molar-refractivity contribution < 1.29 is 59.2 Å². The van der Waals surface area contributed by atoms with Gasteiger partial charge in [-0.15, -0.1) is 0 Å². The maximum absolute atomic E-state index is 15.1. The smallest absolute Gasteiger partial charge is 0.204 e. The summed E-state index contributed by atoms with van der Waals surface area (Å²) in [7, 11) is 8.29. The Kier molecular flexibility index (Phi) is 12.0. The van der Waals surface area contributed by atoms with E-state index in [0.717, 1.165) is 49.9 Å². The van der Waals surface area contributed by atoms with Gasteiger partial charge < -0.3 is 32.9 Å². The number of halogens is 6. The zero-order valence-electron chi connectivity index (χ0n) is 31.1. The number of benzene rings is 4. The molecule has 0 saturated carbocycles. The van der Waals surface area contributed by atoms with Gasteiger partial charge in [-0.1, -0.05) is 26.7 Å². The highest BCUT2D eigenvalue weighted by atomic mass is 19.2. The van der Waals surface area contributed by atoms with E-state index in [4.69, 9.17) is 28.4 Å². The molecule has 0 amide bonds. The molecule has 0 N–H and O–H groups in total. The van der Waals surface area contributed by atoms with Crippen LogP contribution >= 0.6 is 0 Å². The van der Waals surface area contributed by atoms with Crippen molar-refractivity contribution in [1.82, 2.24) is 0 Å². The molecule has 0 bridgehead atoms. The molecule has 1 aliphatic rings. The van der Waals surface area contributed by atoms with Crippen molar-refractivity contribution in [2.75, 3.05) is 55.7 Å². The van der Waals surface area contributed by atoms with Crippen molar-refractivity contribution in [1.29, 1.82) is 0 Å². The molecule has 53 heavy (non-hydrogen) atoms. The summed E-state index contributed by atoms with van der Waals surface area (Å²) < 4.78 is 125. The summed E-state index contributed by atoms with van der Waals surface area (Å²) in [5, 5.41) is 0. The van der Waals surface area contributed by atoms with Crippen LogP contribution in [0.5, 0.6) is 34.5 Å². The fourth-order valence-electron chi connectivity index (χ4n) is 7.61. The van der Waals surface area contributed by atoms with Gasteiger partial charge >= 0.3 is 0 Å². The highest BCUT2D eigenvalue weighted by molar-refractivity contribution is 5.98. The lowest BCUT2D eigenvalue weighted by atomic mass is 9.85. The van der Waals surface area contributed by atoms with Crippen LogP contribution < -0.4 is 28.4 Å². The molecule has 286 valence electrons. The largest absolute Gasteiger partial charge is 0.492 e. The Morgan fingerprint density at radius 3 is 1.00 bits per heavy atom. The van der Waals surface area contributed by atoms with E-state index in [0.29, 0.717) is 39.8 Å². The van der Waals surface area contributed by atoms with Gasteiger partial charge in [-0.05, 0) is 48.2 Å². The van der Waals surface area contributed by atoms with E-state index in [9.17, 15) is 8.78 Å². The molecule has 0 spiro atoms. The van der Waals surface area contributed by atoms with Crippen molar-refractivity contribution in [3.8, 4) is 67.9 Å². The minimum Gasteiger partial charge on any atom is -0.492 e. The minimum absolute atomic E-state index is 0.0367. The average Bonchev–Trinajstić information content (AvgIpc) is 3.29. The van der Waals surface area contributed by atoms with Crippen molar-refractivity contribution in [2.45, 2.75) is 52.6 Å². The minimum atomic E-state index is -1.64. The standard InChI is InChI=1S/C40H44F6NO6/c1-9-11-13-47(14-12-10-2)19-23-29(21-15-25(41)33(45)26(42)16-21)35(48-3)39(52-7)37(50-5)31(23)32-24(20-47)30(22-17-27(43)34(46)28(44)18-22)36(49-4)40(53-8)38(32)51-6/h15-18H,9-14,19-20H2,1-8H3/q+1. The molecule has 0 saturated heterocycles. The van der Waals surface area contributed by atoms with Crippen LogP contribution in [0.3, 0.4) is 0 Å². The number of fused-ring (bicyclic) bond motifs is 3. The van der Waals surface area contributed by atoms with Crippen LogP contribution in [0.2, 0.25) is 0 Å². The second-order valence-corrected chi connectivity index (χ2v) is 13.0. The molecular weight excluding hydrogens is 704 g/mol. The van der Waals surface area contributed by atoms with Gasteiger partial charge in [0.25, 0.3) is 0 Å². The van der Waals surface area contributed by atoms with Crippen molar-refractivity contribution >= 4 is 0 Å². The fourth-order valence-corrected chi connectivity index (χ4v) is 7.61. The van der Waals surface area contributed by atoms with Gasteiger partial charge in [0.2, 0.25) is 11.5 Å². The maximum Gasteiger partial charge on any atom is 0.204 e. The van der Waals surface area contributed by atoms with Crippen molar-refractivity contribution in [3.05, 3.63) is 70.3 Å². The van der Waals surface area contributed by atoms with Gasteiger partial charge in [-0.3, -0.25) is 0 Å². The number of methoxy groups -OCH3 is 6. The second-order valence-electron chi connectivity index (χ2n) is 13.0. The zero-order valence-corrected chi connectivity index (χ0v) is 31.1. The van der Waals surface area contributed by atoms with Gasteiger partial charge in [-0.25, -0.2) is 26.3 Å². The first-order valence-electron chi connectivity index (χ1n) is 17.3. The lowest BCUT2D eigenvalue weighted by Crippen LogP contribution is -2.47. The molecule has 0 aliphatic carbocycles. The molecule has 0 fully saturated rings. The molecule has 1 aliphatic heterocycles. The Bertz CT molecular complexity index is 1830. The Morgan fingerprint density at radius 1 is 0.453 bits per heavy atom. The van der Waals surface area contributed by atoms with Gasteiger partial charge in [0.1, 0.15) is 13.1 Å². The number of ether oxygens (including phenoxy) is 6. The number of hydrogen-bond donors (Lipinski definition) is 0. The number of rotatable bonds is 14. The third kappa shape index (κ3) is 6.79. The van der Waals surface area contributed by atoms with Crippen LogP contribution in [0.4, 0.5) is 26.3 Å². The molecule has 5 rings (SSSR count). The third-order valence-electron chi connectivity index (χ3n) is 9.92. The second kappa shape index (κ2) is 16.1. The number of nitrogens with zero attached hydrogens (tertiary/aromatic N) is 1. The van der Waals surface area contributed by atoms with Crippen LogP contribution in [-0.2, 0) is 13.1 Å². The van der Waals surface area contributed by atoms with Gasteiger partial charge in [-0.2, -0.15) is 0 Å².